The Morgan fingerprint density at radius 2 is 2.33 bits per heavy atom. The van der Waals surface area contributed by atoms with Gasteiger partial charge in [0.05, 0.1) is 13.2 Å². The normalized spacial score (nSPS) is 27.1. The molecule has 2 heterocycles. The van der Waals surface area contributed by atoms with Gasteiger partial charge in [0.2, 0.25) is 5.91 Å². The summed E-state index contributed by atoms with van der Waals surface area (Å²) in [5.41, 5.74) is 0. The Morgan fingerprint density at radius 3 is 3.00 bits per heavy atom. The van der Waals surface area contributed by atoms with Crippen molar-refractivity contribution in [2.75, 3.05) is 26.3 Å². The van der Waals surface area contributed by atoms with Crippen molar-refractivity contribution in [1.29, 1.82) is 0 Å². The van der Waals surface area contributed by atoms with Gasteiger partial charge in [-0.05, 0) is 19.3 Å². The largest absolute Gasteiger partial charge is 0.381 e. The molecule has 2 fully saturated rings. The van der Waals surface area contributed by atoms with E-state index in [-0.39, 0.29) is 17.6 Å². The third-order valence-corrected chi connectivity index (χ3v) is 3.15. The first-order chi connectivity index (χ1) is 7.27. The van der Waals surface area contributed by atoms with Gasteiger partial charge in [0.15, 0.2) is 5.78 Å². The Kier molecular flexibility index (Phi) is 3.36. The minimum absolute atomic E-state index is 0.0275. The minimum Gasteiger partial charge on any atom is -0.381 e. The molecule has 2 saturated heterocycles. The molecule has 1 atom stereocenters. The van der Waals surface area contributed by atoms with Gasteiger partial charge in [-0.15, -0.1) is 0 Å². The quantitative estimate of drug-likeness (QED) is 0.687. The first kappa shape index (κ1) is 10.6. The van der Waals surface area contributed by atoms with E-state index in [0.29, 0.717) is 26.2 Å². The van der Waals surface area contributed by atoms with Crippen molar-refractivity contribution in [2.45, 2.75) is 25.7 Å². The molecule has 4 nitrogen and oxygen atoms in total. The lowest BCUT2D eigenvalue weighted by molar-refractivity contribution is -0.138. The molecule has 0 aliphatic carbocycles. The minimum atomic E-state index is 0.0275. The average Bonchev–Trinajstić information content (AvgIpc) is 2.74. The van der Waals surface area contributed by atoms with Gasteiger partial charge in [-0.1, -0.05) is 0 Å². The zero-order valence-corrected chi connectivity index (χ0v) is 8.91. The number of hydrogen-bond acceptors (Lipinski definition) is 3. The van der Waals surface area contributed by atoms with Gasteiger partial charge in [0.25, 0.3) is 0 Å². The number of ketones is 1. The number of Topliss-reactive ketones (excluding diaryl/α,β-unsaturated/α-hetero) is 1. The summed E-state index contributed by atoms with van der Waals surface area (Å²) >= 11 is 0. The summed E-state index contributed by atoms with van der Waals surface area (Å²) in [4.78, 5) is 25.0. The summed E-state index contributed by atoms with van der Waals surface area (Å²) in [6.07, 6.45) is 3.42. The van der Waals surface area contributed by atoms with Crippen molar-refractivity contribution < 1.29 is 14.3 Å². The van der Waals surface area contributed by atoms with E-state index in [4.69, 9.17) is 4.74 Å². The highest BCUT2D eigenvalue weighted by molar-refractivity contribution is 5.88. The van der Waals surface area contributed by atoms with E-state index in [1.165, 1.54) is 0 Å². The van der Waals surface area contributed by atoms with Crippen LogP contribution in [0, 0.1) is 5.92 Å². The molecule has 0 radical (unpaired) electrons. The second-order valence-electron chi connectivity index (χ2n) is 4.30. The highest BCUT2D eigenvalue weighted by Crippen LogP contribution is 2.16. The molecule has 2 rings (SSSR count). The number of likely N-dealkylation sites (tertiary alicyclic amines) is 1. The molecule has 0 saturated carbocycles. The molecule has 0 aromatic heterocycles. The van der Waals surface area contributed by atoms with E-state index < -0.39 is 0 Å². The molecule has 0 spiro atoms. The molecule has 2 aliphatic rings. The van der Waals surface area contributed by atoms with Gasteiger partial charge in [-0.25, -0.2) is 0 Å². The Labute approximate surface area is 89.6 Å². The van der Waals surface area contributed by atoms with Gasteiger partial charge < -0.3 is 9.64 Å². The van der Waals surface area contributed by atoms with E-state index >= 15 is 0 Å². The second-order valence-corrected chi connectivity index (χ2v) is 4.30. The summed E-state index contributed by atoms with van der Waals surface area (Å²) in [6.45, 7) is 2.27. The second kappa shape index (κ2) is 4.75. The van der Waals surface area contributed by atoms with Crippen LogP contribution in [0.15, 0.2) is 0 Å². The average molecular weight is 211 g/mol. The summed E-state index contributed by atoms with van der Waals surface area (Å²) in [7, 11) is 0. The standard InChI is InChI=1S/C11H17NO3/c13-10(9-4-6-15-8-9)7-12-5-2-1-3-11(12)14/h9H,1-8H2. The first-order valence-corrected chi connectivity index (χ1v) is 5.65. The third kappa shape index (κ3) is 2.56. The van der Waals surface area contributed by atoms with Gasteiger partial charge in [0, 0.05) is 25.5 Å². The lowest BCUT2D eigenvalue weighted by Gasteiger charge is -2.26. The van der Waals surface area contributed by atoms with Crippen LogP contribution in [0.5, 0.6) is 0 Å². The molecule has 0 aromatic carbocycles. The van der Waals surface area contributed by atoms with Crippen LogP contribution in [0.2, 0.25) is 0 Å². The molecule has 1 unspecified atom stereocenters. The van der Waals surface area contributed by atoms with Gasteiger partial charge >= 0.3 is 0 Å². The number of amides is 1. The van der Waals surface area contributed by atoms with Crippen LogP contribution < -0.4 is 0 Å². The first-order valence-electron chi connectivity index (χ1n) is 5.65. The fourth-order valence-corrected chi connectivity index (χ4v) is 2.13. The highest BCUT2D eigenvalue weighted by atomic mass is 16.5. The topological polar surface area (TPSA) is 46.6 Å². The predicted molar refractivity (Wildman–Crippen MR) is 54.4 cm³/mol. The van der Waals surface area contributed by atoms with Crippen LogP contribution >= 0.6 is 0 Å². The van der Waals surface area contributed by atoms with E-state index in [1.807, 2.05) is 0 Å². The number of nitrogens with zero attached hydrogens (tertiary/aromatic N) is 1. The maximum absolute atomic E-state index is 11.8. The summed E-state index contributed by atoms with van der Waals surface area (Å²) in [5.74, 6) is 0.330. The molecule has 0 N–H and O–H groups in total. The van der Waals surface area contributed by atoms with Crippen molar-refractivity contribution >= 4 is 11.7 Å². The zero-order chi connectivity index (χ0) is 10.7. The van der Waals surface area contributed by atoms with Crippen molar-refractivity contribution in [1.82, 2.24) is 4.90 Å². The number of rotatable bonds is 3. The van der Waals surface area contributed by atoms with Crippen LogP contribution in [0.4, 0.5) is 0 Å². The van der Waals surface area contributed by atoms with E-state index in [1.54, 1.807) is 4.90 Å². The highest BCUT2D eigenvalue weighted by Gasteiger charge is 2.27. The van der Waals surface area contributed by atoms with Crippen LogP contribution in [0.25, 0.3) is 0 Å². The Bertz CT molecular complexity index is 259. The Hall–Kier alpha value is -0.900. The van der Waals surface area contributed by atoms with Crippen LogP contribution in [0.3, 0.4) is 0 Å². The number of piperidine rings is 1. The number of carbonyl (C=O) groups excluding carboxylic acids is 2. The summed E-state index contributed by atoms with van der Waals surface area (Å²) in [5, 5.41) is 0. The molecule has 1 amide bonds. The van der Waals surface area contributed by atoms with E-state index in [0.717, 1.165) is 25.8 Å². The van der Waals surface area contributed by atoms with Gasteiger partial charge in [-0.2, -0.15) is 0 Å². The van der Waals surface area contributed by atoms with Gasteiger partial charge in [0.1, 0.15) is 0 Å². The van der Waals surface area contributed by atoms with Crippen molar-refractivity contribution in [3.8, 4) is 0 Å². The zero-order valence-electron chi connectivity index (χ0n) is 8.91. The van der Waals surface area contributed by atoms with Crippen molar-refractivity contribution in [2.24, 2.45) is 5.92 Å². The SMILES string of the molecule is O=C(CN1CCCCC1=O)C1CCOC1. The lowest BCUT2D eigenvalue weighted by Crippen LogP contribution is -2.40. The Balaban J connectivity index is 1.84. The smallest absolute Gasteiger partial charge is 0.222 e. The molecule has 15 heavy (non-hydrogen) atoms. The van der Waals surface area contributed by atoms with Crippen LogP contribution in [0.1, 0.15) is 25.7 Å². The molecule has 84 valence electrons. The van der Waals surface area contributed by atoms with E-state index in [2.05, 4.69) is 0 Å². The van der Waals surface area contributed by atoms with Crippen molar-refractivity contribution in [3.05, 3.63) is 0 Å². The fourth-order valence-electron chi connectivity index (χ4n) is 2.13. The molecule has 2 aliphatic heterocycles. The predicted octanol–water partition coefficient (Wildman–Crippen LogP) is 0.605. The maximum Gasteiger partial charge on any atom is 0.222 e. The van der Waals surface area contributed by atoms with Crippen molar-refractivity contribution in [3.63, 3.8) is 0 Å². The van der Waals surface area contributed by atoms with Gasteiger partial charge in [-0.3, -0.25) is 9.59 Å². The summed E-state index contributed by atoms with van der Waals surface area (Å²) < 4.78 is 5.17. The monoisotopic (exact) mass is 211 g/mol. The number of hydrogen-bond donors (Lipinski definition) is 0. The fraction of sp³-hybridized carbons (Fsp3) is 0.818. The Morgan fingerprint density at radius 1 is 1.47 bits per heavy atom. The van der Waals surface area contributed by atoms with Crippen LogP contribution in [-0.4, -0.2) is 42.9 Å². The molecule has 0 bridgehead atoms. The van der Waals surface area contributed by atoms with Crippen LogP contribution in [-0.2, 0) is 14.3 Å². The van der Waals surface area contributed by atoms with E-state index in [9.17, 15) is 9.59 Å². The molecule has 0 aromatic rings. The number of carbonyl (C=O) groups is 2. The summed E-state index contributed by atoms with van der Waals surface area (Å²) in [6, 6.07) is 0. The molecular weight excluding hydrogens is 194 g/mol. The molecule has 4 heteroatoms. The third-order valence-electron chi connectivity index (χ3n) is 3.15. The molecular formula is C11H17NO3. The maximum atomic E-state index is 11.8. The number of ether oxygens (including phenoxy) is 1. The lowest BCUT2D eigenvalue weighted by atomic mass is 10.0.